The summed E-state index contributed by atoms with van der Waals surface area (Å²) in [5, 5.41) is 1.96. The summed E-state index contributed by atoms with van der Waals surface area (Å²) >= 11 is 1.49. The molecular weight excluding hydrogens is 324 g/mol. The van der Waals surface area contributed by atoms with E-state index in [-0.39, 0.29) is 17.4 Å². The van der Waals surface area contributed by atoms with E-state index >= 15 is 0 Å². The van der Waals surface area contributed by atoms with Crippen LogP contribution in [0, 0.1) is 12.8 Å². The molecule has 6 heteroatoms. The zero-order chi connectivity index (χ0) is 16.7. The van der Waals surface area contributed by atoms with E-state index in [0.717, 1.165) is 23.4 Å². The number of thiophene rings is 1. The molecule has 5 nitrogen and oxygen atoms in total. The Kier molecular flexibility index (Phi) is 4.12. The van der Waals surface area contributed by atoms with Crippen molar-refractivity contribution in [1.82, 2.24) is 9.80 Å². The molecule has 0 aromatic carbocycles. The number of ether oxygens (including phenoxy) is 1. The maximum atomic E-state index is 13.0. The molecular formula is C18H24N2O3S. The smallest absolute Gasteiger partial charge is 0.264 e. The number of carbonyl (C=O) groups excluding carboxylic acids is 2. The van der Waals surface area contributed by atoms with E-state index in [2.05, 4.69) is 4.90 Å². The summed E-state index contributed by atoms with van der Waals surface area (Å²) < 4.78 is 5.69. The second kappa shape index (κ2) is 6.15. The summed E-state index contributed by atoms with van der Waals surface area (Å²) in [5.74, 6) is 0.897. The Bertz CT molecular complexity index is 646. The molecule has 3 heterocycles. The fourth-order valence-corrected chi connectivity index (χ4v) is 4.74. The number of carbonyl (C=O) groups is 2. The molecule has 1 aromatic heterocycles. The molecule has 2 aliphatic heterocycles. The van der Waals surface area contributed by atoms with Crippen molar-refractivity contribution in [2.45, 2.75) is 38.1 Å². The fourth-order valence-electron chi connectivity index (χ4n) is 3.85. The highest BCUT2D eigenvalue weighted by Gasteiger charge is 2.48. The minimum absolute atomic E-state index is 0.0647. The van der Waals surface area contributed by atoms with Gasteiger partial charge in [-0.1, -0.05) is 0 Å². The second-order valence-corrected chi connectivity index (χ2v) is 8.30. The van der Waals surface area contributed by atoms with Gasteiger partial charge in [-0.05, 0) is 49.1 Å². The van der Waals surface area contributed by atoms with E-state index in [1.807, 2.05) is 23.3 Å². The van der Waals surface area contributed by atoms with Crippen LogP contribution in [0.4, 0.5) is 0 Å². The van der Waals surface area contributed by atoms with Crippen LogP contribution in [0.1, 0.15) is 40.9 Å². The molecule has 3 aliphatic rings. The Balaban J connectivity index is 1.61. The van der Waals surface area contributed by atoms with Crippen LogP contribution < -0.4 is 0 Å². The largest absolute Gasteiger partial charge is 0.379 e. The molecule has 130 valence electrons. The molecule has 2 amide bonds. The molecule has 2 saturated heterocycles. The second-order valence-electron chi connectivity index (χ2n) is 7.38. The molecule has 0 radical (unpaired) electrons. The number of hydrogen-bond acceptors (Lipinski definition) is 4. The van der Waals surface area contributed by atoms with Crippen LogP contribution in [-0.2, 0) is 9.53 Å². The standard InChI is InChI=1S/C18H24N2O3S/c1-13-5-9-24-16(13)17(22)19-7-4-15(21)20(10-14-2-3-14)18(11-19)6-8-23-12-18/h5,9,14H,2-4,6-8,10-12H2,1H3. The highest BCUT2D eigenvalue weighted by Crippen LogP contribution is 2.37. The van der Waals surface area contributed by atoms with Gasteiger partial charge in [-0.2, -0.15) is 0 Å². The number of amides is 2. The quantitative estimate of drug-likeness (QED) is 0.842. The van der Waals surface area contributed by atoms with Crippen molar-refractivity contribution in [2.24, 2.45) is 5.92 Å². The molecule has 1 spiro atoms. The Morgan fingerprint density at radius 1 is 1.46 bits per heavy atom. The normalized spacial score (nSPS) is 27.8. The molecule has 24 heavy (non-hydrogen) atoms. The highest BCUT2D eigenvalue weighted by atomic mass is 32.1. The van der Waals surface area contributed by atoms with Crippen LogP contribution >= 0.6 is 11.3 Å². The van der Waals surface area contributed by atoms with Gasteiger partial charge in [-0.3, -0.25) is 9.59 Å². The minimum Gasteiger partial charge on any atom is -0.379 e. The minimum atomic E-state index is -0.322. The first-order chi connectivity index (χ1) is 11.6. The van der Waals surface area contributed by atoms with Gasteiger partial charge < -0.3 is 14.5 Å². The third-order valence-electron chi connectivity index (χ3n) is 5.52. The first kappa shape index (κ1) is 16.1. The van der Waals surface area contributed by atoms with Crippen LogP contribution in [-0.4, -0.2) is 60.0 Å². The summed E-state index contributed by atoms with van der Waals surface area (Å²) in [6.45, 7) is 5.15. The van der Waals surface area contributed by atoms with Gasteiger partial charge in [-0.15, -0.1) is 11.3 Å². The predicted octanol–water partition coefficient (Wildman–Crippen LogP) is 2.30. The Morgan fingerprint density at radius 2 is 2.29 bits per heavy atom. The zero-order valence-electron chi connectivity index (χ0n) is 14.1. The van der Waals surface area contributed by atoms with Gasteiger partial charge in [0.1, 0.15) is 0 Å². The van der Waals surface area contributed by atoms with E-state index in [1.54, 1.807) is 0 Å². The van der Waals surface area contributed by atoms with Gasteiger partial charge in [0.15, 0.2) is 0 Å². The Labute approximate surface area is 146 Å². The van der Waals surface area contributed by atoms with Gasteiger partial charge in [-0.25, -0.2) is 0 Å². The molecule has 1 saturated carbocycles. The maximum absolute atomic E-state index is 13.0. The lowest BCUT2D eigenvalue weighted by atomic mass is 9.95. The fraction of sp³-hybridized carbons (Fsp3) is 0.667. The van der Waals surface area contributed by atoms with E-state index < -0.39 is 0 Å². The first-order valence-electron chi connectivity index (χ1n) is 8.81. The summed E-state index contributed by atoms with van der Waals surface area (Å²) in [4.78, 5) is 30.5. The summed E-state index contributed by atoms with van der Waals surface area (Å²) in [6.07, 6.45) is 3.69. The van der Waals surface area contributed by atoms with Gasteiger partial charge in [0, 0.05) is 32.7 Å². The SMILES string of the molecule is Cc1ccsc1C(=O)N1CCC(=O)N(CC2CC2)C2(CCOC2)C1. The van der Waals surface area contributed by atoms with E-state index in [9.17, 15) is 9.59 Å². The third-order valence-corrected chi connectivity index (χ3v) is 6.52. The lowest BCUT2D eigenvalue weighted by Crippen LogP contribution is -2.57. The molecule has 1 aliphatic carbocycles. The van der Waals surface area contributed by atoms with Crippen LogP contribution in [0.25, 0.3) is 0 Å². The lowest BCUT2D eigenvalue weighted by molar-refractivity contribution is -0.136. The van der Waals surface area contributed by atoms with Crippen molar-refractivity contribution in [3.05, 3.63) is 21.9 Å². The zero-order valence-corrected chi connectivity index (χ0v) is 14.9. The van der Waals surface area contributed by atoms with Crippen molar-refractivity contribution in [3.8, 4) is 0 Å². The number of nitrogens with zero attached hydrogens (tertiary/aromatic N) is 2. The number of aryl methyl sites for hydroxylation is 1. The van der Waals surface area contributed by atoms with E-state index in [4.69, 9.17) is 4.74 Å². The topological polar surface area (TPSA) is 49.9 Å². The van der Waals surface area contributed by atoms with Crippen molar-refractivity contribution in [3.63, 3.8) is 0 Å². The van der Waals surface area contributed by atoms with Crippen molar-refractivity contribution in [1.29, 1.82) is 0 Å². The molecule has 1 atom stereocenters. The molecule has 0 N–H and O–H groups in total. The Hall–Kier alpha value is -1.40. The van der Waals surface area contributed by atoms with E-state index in [1.165, 1.54) is 24.2 Å². The first-order valence-corrected chi connectivity index (χ1v) is 9.69. The number of hydrogen-bond donors (Lipinski definition) is 0. The molecule has 1 aromatic rings. The van der Waals surface area contributed by atoms with Crippen LogP contribution in [0.5, 0.6) is 0 Å². The monoisotopic (exact) mass is 348 g/mol. The summed E-state index contributed by atoms with van der Waals surface area (Å²) in [7, 11) is 0. The highest BCUT2D eigenvalue weighted by molar-refractivity contribution is 7.12. The van der Waals surface area contributed by atoms with Gasteiger partial charge in [0.25, 0.3) is 5.91 Å². The lowest BCUT2D eigenvalue weighted by Gasteiger charge is -2.40. The molecule has 0 bridgehead atoms. The Morgan fingerprint density at radius 3 is 2.92 bits per heavy atom. The van der Waals surface area contributed by atoms with Crippen molar-refractivity contribution >= 4 is 23.2 Å². The van der Waals surface area contributed by atoms with Crippen LogP contribution in [0.15, 0.2) is 11.4 Å². The van der Waals surface area contributed by atoms with Gasteiger partial charge in [0.05, 0.1) is 17.0 Å². The van der Waals surface area contributed by atoms with Crippen LogP contribution in [0.2, 0.25) is 0 Å². The predicted molar refractivity (Wildman–Crippen MR) is 92.2 cm³/mol. The average Bonchev–Trinajstić information content (AvgIpc) is 3.14. The number of rotatable bonds is 3. The van der Waals surface area contributed by atoms with Gasteiger partial charge >= 0.3 is 0 Å². The average molecular weight is 348 g/mol. The third kappa shape index (κ3) is 2.86. The maximum Gasteiger partial charge on any atom is 0.264 e. The summed E-state index contributed by atoms with van der Waals surface area (Å²) in [5.41, 5.74) is 0.698. The molecule has 4 rings (SSSR count). The van der Waals surface area contributed by atoms with Crippen molar-refractivity contribution < 1.29 is 14.3 Å². The van der Waals surface area contributed by atoms with Crippen molar-refractivity contribution in [2.75, 3.05) is 32.8 Å². The van der Waals surface area contributed by atoms with Gasteiger partial charge in [0.2, 0.25) is 5.91 Å². The van der Waals surface area contributed by atoms with E-state index in [0.29, 0.717) is 38.6 Å². The summed E-state index contributed by atoms with van der Waals surface area (Å²) in [6, 6.07) is 1.98. The van der Waals surface area contributed by atoms with Crippen LogP contribution in [0.3, 0.4) is 0 Å². The molecule has 3 fully saturated rings. The molecule has 1 unspecified atom stereocenters.